The highest BCUT2D eigenvalue weighted by Crippen LogP contribution is 2.31. The van der Waals surface area contributed by atoms with Gasteiger partial charge in [-0.15, -0.1) is 11.3 Å². The van der Waals surface area contributed by atoms with Crippen molar-refractivity contribution >= 4 is 28.3 Å². The minimum absolute atomic E-state index is 0.0665. The Hall–Kier alpha value is -2.42. The second-order valence-corrected chi connectivity index (χ2v) is 5.31. The summed E-state index contributed by atoms with van der Waals surface area (Å²) in [5.41, 5.74) is -0.585. The van der Waals surface area contributed by atoms with Crippen LogP contribution in [0.15, 0.2) is 35.7 Å². The number of nitrogens with zero attached hydrogens (tertiary/aromatic N) is 1. The zero-order valence-electron chi connectivity index (χ0n) is 11.7. The highest BCUT2D eigenvalue weighted by molar-refractivity contribution is 7.13. The maximum absolute atomic E-state index is 12.4. The Morgan fingerprint density at radius 3 is 2.48 bits per heavy atom. The molecule has 0 unspecified atom stereocenters. The number of aromatic nitrogens is 1. The number of hydrogen-bond acceptors (Lipinski definition) is 4. The van der Waals surface area contributed by atoms with Crippen LogP contribution in [0.5, 0.6) is 0 Å². The fraction of sp³-hybridized carbons (Fsp3) is 0.214. The number of halogens is 3. The molecule has 0 fully saturated rings. The predicted molar refractivity (Wildman–Crippen MR) is 79.1 cm³/mol. The molecule has 2 amide bonds. The molecule has 0 atom stereocenters. The van der Waals surface area contributed by atoms with Crippen LogP contribution in [-0.2, 0) is 11.0 Å². The van der Waals surface area contributed by atoms with Gasteiger partial charge >= 0.3 is 6.18 Å². The lowest BCUT2D eigenvalue weighted by atomic mass is 10.2. The minimum atomic E-state index is -4.54. The van der Waals surface area contributed by atoms with Crippen LogP contribution >= 0.6 is 11.3 Å². The van der Waals surface area contributed by atoms with E-state index in [0.717, 1.165) is 5.38 Å². The third-order valence-corrected chi connectivity index (χ3v) is 3.47. The molecule has 0 aliphatic heterocycles. The molecule has 2 rings (SSSR count). The van der Waals surface area contributed by atoms with E-state index in [2.05, 4.69) is 15.6 Å². The number of carbonyl (C=O) groups is 2. The Bertz CT molecular complexity index is 686. The number of carbonyl (C=O) groups excluding carboxylic acids is 2. The van der Waals surface area contributed by atoms with Gasteiger partial charge in [0.05, 0.1) is 0 Å². The first-order chi connectivity index (χ1) is 10.9. The lowest BCUT2D eigenvalue weighted by Gasteiger charge is -2.05. The molecule has 1 aromatic heterocycles. The summed E-state index contributed by atoms with van der Waals surface area (Å²) in [7, 11) is 0. The number of anilines is 1. The highest BCUT2D eigenvalue weighted by Gasteiger charge is 2.33. The molecule has 2 aromatic rings. The fourth-order valence-corrected chi connectivity index (χ4v) is 2.36. The minimum Gasteiger partial charge on any atom is -0.352 e. The summed E-state index contributed by atoms with van der Waals surface area (Å²) in [6, 6.07) is 8.45. The van der Waals surface area contributed by atoms with Gasteiger partial charge in [0.15, 0.2) is 10.8 Å². The molecule has 122 valence electrons. The van der Waals surface area contributed by atoms with Crippen LogP contribution in [0.1, 0.15) is 22.5 Å². The monoisotopic (exact) mass is 343 g/mol. The van der Waals surface area contributed by atoms with E-state index in [-0.39, 0.29) is 24.0 Å². The Morgan fingerprint density at radius 2 is 1.87 bits per heavy atom. The number of alkyl halides is 3. The number of hydrogen-bond donors (Lipinski definition) is 2. The highest BCUT2D eigenvalue weighted by atomic mass is 32.1. The second kappa shape index (κ2) is 7.23. The van der Waals surface area contributed by atoms with E-state index >= 15 is 0 Å². The average molecular weight is 343 g/mol. The Balaban J connectivity index is 1.77. The predicted octanol–water partition coefficient (Wildman–Crippen LogP) is 2.92. The lowest BCUT2D eigenvalue weighted by molar-refractivity contribution is -0.140. The van der Waals surface area contributed by atoms with E-state index in [1.165, 1.54) is 0 Å². The Morgan fingerprint density at radius 1 is 1.17 bits per heavy atom. The van der Waals surface area contributed by atoms with E-state index in [0.29, 0.717) is 16.9 Å². The van der Waals surface area contributed by atoms with Crippen molar-refractivity contribution in [2.45, 2.75) is 12.6 Å². The largest absolute Gasteiger partial charge is 0.434 e. The second-order valence-electron chi connectivity index (χ2n) is 4.46. The van der Waals surface area contributed by atoms with Gasteiger partial charge in [-0.25, -0.2) is 4.98 Å². The summed E-state index contributed by atoms with van der Waals surface area (Å²) >= 11 is 0.691. The number of benzene rings is 1. The maximum atomic E-state index is 12.4. The van der Waals surface area contributed by atoms with Crippen LogP contribution in [-0.4, -0.2) is 23.3 Å². The molecule has 0 aliphatic carbocycles. The first kappa shape index (κ1) is 16.9. The van der Waals surface area contributed by atoms with E-state index in [1.807, 2.05) is 0 Å². The molecular formula is C14H12F3N3O2S. The van der Waals surface area contributed by atoms with Crippen molar-refractivity contribution < 1.29 is 22.8 Å². The van der Waals surface area contributed by atoms with Crippen molar-refractivity contribution in [2.75, 3.05) is 11.9 Å². The fourth-order valence-electron chi connectivity index (χ4n) is 1.62. The van der Waals surface area contributed by atoms with Crippen molar-refractivity contribution in [2.24, 2.45) is 0 Å². The zero-order chi connectivity index (χ0) is 16.9. The van der Waals surface area contributed by atoms with Crippen LogP contribution in [0.3, 0.4) is 0 Å². The summed E-state index contributed by atoms with van der Waals surface area (Å²) in [5.74, 6) is -0.853. The van der Waals surface area contributed by atoms with Crippen molar-refractivity contribution in [3.63, 3.8) is 0 Å². The van der Waals surface area contributed by atoms with Crippen LogP contribution in [0.4, 0.5) is 18.3 Å². The van der Waals surface area contributed by atoms with E-state index in [1.54, 1.807) is 30.3 Å². The van der Waals surface area contributed by atoms with Gasteiger partial charge in [-0.3, -0.25) is 9.59 Å². The summed E-state index contributed by atoms with van der Waals surface area (Å²) in [4.78, 5) is 26.6. The van der Waals surface area contributed by atoms with Gasteiger partial charge in [-0.1, -0.05) is 18.2 Å². The molecular weight excluding hydrogens is 331 g/mol. The van der Waals surface area contributed by atoms with Crippen LogP contribution in [0.2, 0.25) is 0 Å². The maximum Gasteiger partial charge on any atom is 0.434 e. The van der Waals surface area contributed by atoms with Gasteiger partial charge in [0.2, 0.25) is 5.91 Å². The molecule has 0 radical (unpaired) electrons. The molecule has 23 heavy (non-hydrogen) atoms. The summed E-state index contributed by atoms with van der Waals surface area (Å²) in [6.07, 6.45) is -4.61. The van der Waals surface area contributed by atoms with Crippen LogP contribution < -0.4 is 10.6 Å². The number of amides is 2. The van der Waals surface area contributed by atoms with Gasteiger partial charge in [0, 0.05) is 23.9 Å². The van der Waals surface area contributed by atoms with Gasteiger partial charge in [0.1, 0.15) is 0 Å². The Labute approximate surface area is 133 Å². The first-order valence-corrected chi connectivity index (χ1v) is 7.40. The lowest BCUT2D eigenvalue weighted by Crippen LogP contribution is -2.27. The number of thiazole rings is 1. The smallest absolute Gasteiger partial charge is 0.352 e. The van der Waals surface area contributed by atoms with E-state index in [4.69, 9.17) is 0 Å². The molecule has 5 nitrogen and oxygen atoms in total. The van der Waals surface area contributed by atoms with Crippen molar-refractivity contribution in [3.05, 3.63) is 47.0 Å². The standard InChI is InChI=1S/C14H12F3N3O2S/c15-14(16,17)10-8-23-13(19-10)20-11(21)6-7-18-12(22)9-4-2-1-3-5-9/h1-5,8H,6-7H2,(H,18,22)(H,19,20,21). The average Bonchev–Trinajstić information content (AvgIpc) is 2.96. The van der Waals surface area contributed by atoms with Crippen molar-refractivity contribution in [1.29, 1.82) is 0 Å². The van der Waals surface area contributed by atoms with Crippen LogP contribution in [0, 0.1) is 0 Å². The van der Waals surface area contributed by atoms with Gasteiger partial charge < -0.3 is 10.6 Å². The third kappa shape index (κ3) is 5.06. The topological polar surface area (TPSA) is 71.1 Å². The SMILES string of the molecule is O=C(CCNC(=O)c1ccccc1)Nc1nc(C(F)(F)F)cs1. The molecule has 0 spiro atoms. The first-order valence-electron chi connectivity index (χ1n) is 6.52. The molecule has 9 heteroatoms. The third-order valence-electron chi connectivity index (χ3n) is 2.71. The number of rotatable bonds is 5. The molecule has 0 bridgehead atoms. The van der Waals surface area contributed by atoms with E-state index in [9.17, 15) is 22.8 Å². The quantitative estimate of drug-likeness (QED) is 0.877. The summed E-state index contributed by atoms with van der Waals surface area (Å²) in [5, 5.41) is 5.51. The Kier molecular flexibility index (Phi) is 5.32. The molecule has 2 N–H and O–H groups in total. The normalized spacial score (nSPS) is 11.1. The zero-order valence-corrected chi connectivity index (χ0v) is 12.5. The molecule has 1 aromatic carbocycles. The van der Waals surface area contributed by atoms with Gasteiger partial charge in [0.25, 0.3) is 5.91 Å². The molecule has 0 saturated heterocycles. The molecule has 1 heterocycles. The van der Waals surface area contributed by atoms with E-state index < -0.39 is 17.8 Å². The number of nitrogens with one attached hydrogen (secondary N) is 2. The molecule has 0 saturated carbocycles. The van der Waals surface area contributed by atoms with Crippen LogP contribution in [0.25, 0.3) is 0 Å². The van der Waals surface area contributed by atoms with Crippen molar-refractivity contribution in [3.8, 4) is 0 Å². The van der Waals surface area contributed by atoms with Gasteiger partial charge in [-0.2, -0.15) is 13.2 Å². The van der Waals surface area contributed by atoms with Crippen molar-refractivity contribution in [1.82, 2.24) is 10.3 Å². The summed E-state index contributed by atoms with van der Waals surface area (Å²) < 4.78 is 37.1. The van der Waals surface area contributed by atoms with Gasteiger partial charge in [-0.05, 0) is 12.1 Å². The summed E-state index contributed by atoms with van der Waals surface area (Å²) in [6.45, 7) is 0.0665. The molecule has 0 aliphatic rings.